The summed E-state index contributed by atoms with van der Waals surface area (Å²) in [6.45, 7) is 4.05. The summed E-state index contributed by atoms with van der Waals surface area (Å²) in [7, 11) is 1.76. The average Bonchev–Trinajstić information content (AvgIpc) is 2.18. The van der Waals surface area contributed by atoms with Crippen LogP contribution in [0.15, 0.2) is 0 Å². The summed E-state index contributed by atoms with van der Waals surface area (Å²) >= 11 is 0. The van der Waals surface area contributed by atoms with E-state index in [9.17, 15) is 4.79 Å². The van der Waals surface area contributed by atoms with Crippen LogP contribution >= 0.6 is 0 Å². The first-order valence-electron chi connectivity index (χ1n) is 5.29. The van der Waals surface area contributed by atoms with Gasteiger partial charge in [-0.1, -0.05) is 20.3 Å². The maximum atomic E-state index is 11.0. The zero-order chi connectivity index (χ0) is 10.1. The Hall–Kier alpha value is -0.370. The van der Waals surface area contributed by atoms with Crippen molar-refractivity contribution in [3.05, 3.63) is 0 Å². The first-order valence-corrected chi connectivity index (χ1v) is 5.29. The molecular weight excluding hydrogens is 164 g/mol. The van der Waals surface area contributed by atoms with Crippen LogP contribution in [-0.4, -0.2) is 19.0 Å². The zero-order valence-electron chi connectivity index (χ0n) is 9.14. The van der Waals surface area contributed by atoms with Gasteiger partial charge in [0.05, 0.1) is 6.10 Å². The van der Waals surface area contributed by atoms with Crippen molar-refractivity contribution in [2.45, 2.75) is 58.5 Å². The van der Waals surface area contributed by atoms with Gasteiger partial charge in [-0.25, -0.2) is 0 Å². The summed E-state index contributed by atoms with van der Waals surface area (Å²) < 4.78 is 5.25. The van der Waals surface area contributed by atoms with E-state index in [2.05, 4.69) is 6.92 Å². The molecule has 0 aliphatic rings. The number of unbranched alkanes of at least 4 members (excludes halogenated alkanes) is 1. The molecule has 0 rings (SSSR count). The molecule has 2 heteroatoms. The van der Waals surface area contributed by atoms with Crippen LogP contribution in [0, 0.1) is 0 Å². The van der Waals surface area contributed by atoms with Crippen LogP contribution in [0.2, 0.25) is 0 Å². The lowest BCUT2D eigenvalue weighted by Gasteiger charge is -2.11. The number of Topliss-reactive ketones (excluding diaryl/α,β-unsaturated/α-hetero) is 1. The van der Waals surface area contributed by atoms with Gasteiger partial charge in [0.15, 0.2) is 0 Å². The highest BCUT2D eigenvalue weighted by atomic mass is 16.5. The van der Waals surface area contributed by atoms with Gasteiger partial charge in [0.1, 0.15) is 5.78 Å². The summed E-state index contributed by atoms with van der Waals surface area (Å²) in [4.78, 5) is 11.0. The van der Waals surface area contributed by atoms with Crippen molar-refractivity contribution >= 4 is 5.78 Å². The van der Waals surface area contributed by atoms with Crippen LogP contribution in [0.4, 0.5) is 0 Å². The van der Waals surface area contributed by atoms with Crippen LogP contribution in [0.5, 0.6) is 0 Å². The summed E-state index contributed by atoms with van der Waals surface area (Å²) in [5, 5.41) is 0. The van der Waals surface area contributed by atoms with Crippen molar-refractivity contribution in [1.29, 1.82) is 0 Å². The minimum Gasteiger partial charge on any atom is -0.381 e. The minimum absolute atomic E-state index is 0.380. The lowest BCUT2D eigenvalue weighted by atomic mass is 10.1. The number of carbonyl (C=O) groups is 1. The minimum atomic E-state index is 0.380. The predicted molar refractivity (Wildman–Crippen MR) is 54.9 cm³/mol. The second kappa shape index (κ2) is 8.24. The van der Waals surface area contributed by atoms with Crippen molar-refractivity contribution in [2.75, 3.05) is 7.11 Å². The number of ketones is 1. The van der Waals surface area contributed by atoms with Crippen molar-refractivity contribution in [2.24, 2.45) is 0 Å². The SMILES string of the molecule is CCC(=O)CCCCC(CC)OC. The summed E-state index contributed by atoms with van der Waals surface area (Å²) in [6, 6.07) is 0. The highest BCUT2D eigenvalue weighted by Crippen LogP contribution is 2.09. The fraction of sp³-hybridized carbons (Fsp3) is 0.909. The second-order valence-electron chi connectivity index (χ2n) is 3.40. The molecule has 2 nitrogen and oxygen atoms in total. The molecule has 0 aliphatic carbocycles. The van der Waals surface area contributed by atoms with Gasteiger partial charge < -0.3 is 4.74 Å². The van der Waals surface area contributed by atoms with Gasteiger partial charge in [-0.15, -0.1) is 0 Å². The Bertz CT molecular complexity index is 128. The summed E-state index contributed by atoms with van der Waals surface area (Å²) in [5.74, 6) is 0.380. The van der Waals surface area contributed by atoms with Gasteiger partial charge in [0.2, 0.25) is 0 Å². The average molecular weight is 186 g/mol. The molecule has 0 aromatic carbocycles. The van der Waals surface area contributed by atoms with Gasteiger partial charge in [-0.05, 0) is 19.3 Å². The quantitative estimate of drug-likeness (QED) is 0.545. The van der Waals surface area contributed by atoms with Crippen molar-refractivity contribution in [3.8, 4) is 0 Å². The third-order valence-corrected chi connectivity index (χ3v) is 2.41. The molecule has 0 radical (unpaired) electrons. The van der Waals surface area contributed by atoms with Crippen molar-refractivity contribution < 1.29 is 9.53 Å². The van der Waals surface area contributed by atoms with Gasteiger partial charge in [0.25, 0.3) is 0 Å². The molecule has 13 heavy (non-hydrogen) atoms. The standard InChI is InChI=1S/C11H22O2/c1-4-10(12)8-6-7-9-11(5-2)13-3/h11H,4-9H2,1-3H3. The molecular formula is C11H22O2. The predicted octanol–water partition coefficient (Wildman–Crippen LogP) is 2.95. The van der Waals surface area contributed by atoms with Crippen LogP contribution in [0.1, 0.15) is 52.4 Å². The smallest absolute Gasteiger partial charge is 0.132 e. The lowest BCUT2D eigenvalue weighted by molar-refractivity contribution is -0.118. The number of hydrogen-bond donors (Lipinski definition) is 0. The van der Waals surface area contributed by atoms with Crippen LogP contribution in [-0.2, 0) is 9.53 Å². The third kappa shape index (κ3) is 6.76. The van der Waals surface area contributed by atoms with E-state index in [1.165, 1.54) is 0 Å². The van der Waals surface area contributed by atoms with Crippen LogP contribution in [0.25, 0.3) is 0 Å². The fourth-order valence-electron chi connectivity index (χ4n) is 1.36. The Morgan fingerprint density at radius 1 is 1.31 bits per heavy atom. The Morgan fingerprint density at radius 2 is 2.00 bits per heavy atom. The topological polar surface area (TPSA) is 26.3 Å². The molecule has 0 bridgehead atoms. The number of carbonyl (C=O) groups excluding carboxylic acids is 1. The van der Waals surface area contributed by atoms with E-state index in [1.807, 2.05) is 6.92 Å². The van der Waals surface area contributed by atoms with E-state index < -0.39 is 0 Å². The number of methoxy groups -OCH3 is 1. The van der Waals surface area contributed by atoms with Gasteiger partial charge in [-0.3, -0.25) is 4.79 Å². The van der Waals surface area contributed by atoms with Crippen molar-refractivity contribution in [1.82, 2.24) is 0 Å². The molecule has 0 saturated carbocycles. The highest BCUT2D eigenvalue weighted by Gasteiger charge is 2.04. The molecule has 0 saturated heterocycles. The molecule has 0 amide bonds. The molecule has 1 unspecified atom stereocenters. The summed E-state index contributed by atoms with van der Waals surface area (Å²) in [5.41, 5.74) is 0. The maximum absolute atomic E-state index is 11.0. The monoisotopic (exact) mass is 186 g/mol. The van der Waals surface area contributed by atoms with Gasteiger partial charge in [-0.2, -0.15) is 0 Å². The van der Waals surface area contributed by atoms with E-state index in [4.69, 9.17) is 4.74 Å². The first-order chi connectivity index (χ1) is 6.24. The second-order valence-corrected chi connectivity index (χ2v) is 3.40. The Morgan fingerprint density at radius 3 is 2.46 bits per heavy atom. The molecule has 0 aromatic rings. The van der Waals surface area contributed by atoms with Gasteiger partial charge >= 0.3 is 0 Å². The molecule has 0 N–H and O–H groups in total. The molecule has 0 aliphatic heterocycles. The van der Waals surface area contributed by atoms with Crippen LogP contribution in [0.3, 0.4) is 0 Å². The normalized spacial score (nSPS) is 12.8. The Labute approximate surface area is 81.7 Å². The third-order valence-electron chi connectivity index (χ3n) is 2.41. The highest BCUT2D eigenvalue weighted by molar-refractivity contribution is 5.77. The van der Waals surface area contributed by atoms with Gasteiger partial charge in [0, 0.05) is 20.0 Å². The van der Waals surface area contributed by atoms with Crippen molar-refractivity contribution in [3.63, 3.8) is 0 Å². The van der Waals surface area contributed by atoms with E-state index in [0.29, 0.717) is 18.3 Å². The Balaban J connectivity index is 3.28. The fourth-order valence-corrected chi connectivity index (χ4v) is 1.36. The molecule has 0 fully saturated rings. The van der Waals surface area contributed by atoms with E-state index >= 15 is 0 Å². The molecule has 0 spiro atoms. The Kier molecular flexibility index (Phi) is 8.00. The molecule has 0 heterocycles. The molecule has 0 aromatic heterocycles. The van der Waals surface area contributed by atoms with E-state index in [1.54, 1.807) is 7.11 Å². The molecule has 78 valence electrons. The molecule has 1 atom stereocenters. The van der Waals surface area contributed by atoms with Crippen LogP contribution < -0.4 is 0 Å². The number of hydrogen-bond acceptors (Lipinski definition) is 2. The van der Waals surface area contributed by atoms with E-state index in [0.717, 1.165) is 32.1 Å². The lowest BCUT2D eigenvalue weighted by Crippen LogP contribution is -2.08. The number of ether oxygens (including phenoxy) is 1. The van der Waals surface area contributed by atoms with E-state index in [-0.39, 0.29) is 0 Å². The number of rotatable bonds is 8. The largest absolute Gasteiger partial charge is 0.381 e. The summed E-state index contributed by atoms with van der Waals surface area (Å²) in [6.07, 6.45) is 6.10. The maximum Gasteiger partial charge on any atom is 0.132 e. The first kappa shape index (κ1) is 12.6. The zero-order valence-corrected chi connectivity index (χ0v) is 9.14.